The highest BCUT2D eigenvalue weighted by molar-refractivity contribution is 7.87. The first-order valence-corrected chi connectivity index (χ1v) is 11.1. The molecular weight excluding hydrogens is 426 g/mol. The Morgan fingerprint density at radius 3 is 2.22 bits per heavy atom. The first-order chi connectivity index (χ1) is 15.5. The number of nitrogens with zero attached hydrogens (tertiary/aromatic N) is 2. The second-order valence-corrected chi connectivity index (χ2v) is 8.27. The molecule has 0 fully saturated rings. The predicted molar refractivity (Wildman–Crippen MR) is 122 cm³/mol. The van der Waals surface area contributed by atoms with Crippen molar-refractivity contribution in [3.63, 3.8) is 0 Å². The van der Waals surface area contributed by atoms with Gasteiger partial charge in [0, 0.05) is 12.4 Å². The summed E-state index contributed by atoms with van der Waals surface area (Å²) in [5, 5.41) is 4.00. The molecule has 1 N–H and O–H groups in total. The van der Waals surface area contributed by atoms with Crippen LogP contribution in [0.5, 0.6) is 5.75 Å². The van der Waals surface area contributed by atoms with Crippen LogP contribution in [0.3, 0.4) is 0 Å². The summed E-state index contributed by atoms with van der Waals surface area (Å²) in [6, 6.07) is 25.2. The van der Waals surface area contributed by atoms with E-state index in [0.29, 0.717) is 11.1 Å². The van der Waals surface area contributed by atoms with Crippen molar-refractivity contribution in [1.82, 2.24) is 9.99 Å². The maximum Gasteiger partial charge on any atom is 0.339 e. The molecule has 4 aromatic rings. The number of hydrogen-bond donors (Lipinski definition) is 1. The first kappa shape index (κ1) is 21.1. The zero-order chi connectivity index (χ0) is 22.4. The molecule has 0 aliphatic heterocycles. The van der Waals surface area contributed by atoms with E-state index >= 15 is 0 Å². The molecule has 4 rings (SSSR count). The van der Waals surface area contributed by atoms with Crippen LogP contribution in [0.4, 0.5) is 0 Å². The maximum atomic E-state index is 12.6. The van der Waals surface area contributed by atoms with E-state index < -0.39 is 10.1 Å². The van der Waals surface area contributed by atoms with E-state index in [1.54, 1.807) is 42.5 Å². The normalized spacial score (nSPS) is 11.4. The Morgan fingerprint density at radius 2 is 1.50 bits per heavy atom. The second kappa shape index (κ2) is 9.32. The highest BCUT2D eigenvalue weighted by atomic mass is 32.2. The Bertz CT molecular complexity index is 1330. The van der Waals surface area contributed by atoms with Crippen LogP contribution in [0.15, 0.2) is 113 Å². The van der Waals surface area contributed by atoms with Crippen LogP contribution in [0.25, 0.3) is 5.69 Å². The smallest absolute Gasteiger partial charge is 0.339 e. The van der Waals surface area contributed by atoms with E-state index in [0.717, 1.165) is 5.69 Å². The highest BCUT2D eigenvalue weighted by Gasteiger charge is 2.15. The molecule has 1 amide bonds. The number of carbonyl (C=O) groups excluding carboxylic acids is 1. The Balaban J connectivity index is 1.40. The Labute approximate surface area is 185 Å². The van der Waals surface area contributed by atoms with Gasteiger partial charge in [0.2, 0.25) is 0 Å². The first-order valence-electron chi connectivity index (χ1n) is 9.68. The minimum absolute atomic E-state index is 0.0774. The lowest BCUT2D eigenvalue weighted by atomic mass is 10.1. The van der Waals surface area contributed by atoms with Gasteiger partial charge in [-0.15, -0.1) is 0 Å². The number of rotatable bonds is 7. The summed E-state index contributed by atoms with van der Waals surface area (Å²) in [4.78, 5) is 12.6. The van der Waals surface area contributed by atoms with Crippen LogP contribution in [0.2, 0.25) is 0 Å². The lowest BCUT2D eigenvalue weighted by Gasteiger charge is -2.09. The SMILES string of the molecule is O=C(N/N=C\c1ccc(OS(=O)(=O)c2ccccc2)cc1)c1ccccc1-n1cccc1. The fourth-order valence-electron chi connectivity index (χ4n) is 2.98. The van der Waals surface area contributed by atoms with E-state index in [9.17, 15) is 13.2 Å². The van der Waals surface area contributed by atoms with Crippen molar-refractivity contribution in [3.8, 4) is 11.4 Å². The zero-order valence-corrected chi connectivity index (χ0v) is 17.6. The molecule has 0 aliphatic rings. The molecule has 0 aliphatic carbocycles. The number of amides is 1. The van der Waals surface area contributed by atoms with Crippen LogP contribution in [-0.4, -0.2) is 25.1 Å². The molecule has 0 spiro atoms. The van der Waals surface area contributed by atoms with Gasteiger partial charge in [-0.2, -0.15) is 13.5 Å². The average molecular weight is 446 g/mol. The molecule has 8 heteroatoms. The Kier molecular flexibility index (Phi) is 6.14. The molecule has 0 saturated heterocycles. The molecule has 0 bridgehead atoms. The van der Waals surface area contributed by atoms with Crippen molar-refractivity contribution < 1.29 is 17.4 Å². The molecule has 0 saturated carbocycles. The molecular formula is C24H19N3O4S. The van der Waals surface area contributed by atoms with Gasteiger partial charge in [-0.3, -0.25) is 4.79 Å². The minimum atomic E-state index is -3.90. The van der Waals surface area contributed by atoms with E-state index in [1.807, 2.05) is 41.2 Å². The standard InChI is InChI=1S/C24H19N3O4S/c28-24(22-10-4-5-11-23(22)27-16-6-7-17-27)26-25-18-19-12-14-20(15-13-19)31-32(29,30)21-8-2-1-3-9-21/h1-18H,(H,26,28)/b25-18-. The number of nitrogens with one attached hydrogen (secondary N) is 1. The molecule has 7 nitrogen and oxygen atoms in total. The minimum Gasteiger partial charge on any atom is -0.379 e. The van der Waals surface area contributed by atoms with Crippen LogP contribution in [-0.2, 0) is 10.1 Å². The summed E-state index contributed by atoms with van der Waals surface area (Å²) >= 11 is 0. The molecule has 0 atom stereocenters. The third kappa shape index (κ3) is 4.93. The van der Waals surface area contributed by atoms with E-state index in [1.165, 1.54) is 30.5 Å². The van der Waals surface area contributed by atoms with Crippen molar-refractivity contribution in [2.24, 2.45) is 5.10 Å². The number of benzene rings is 3. The van der Waals surface area contributed by atoms with Crippen LogP contribution in [0.1, 0.15) is 15.9 Å². The van der Waals surface area contributed by atoms with Crippen molar-refractivity contribution in [2.45, 2.75) is 4.90 Å². The number of aromatic nitrogens is 1. The third-order valence-corrected chi connectivity index (χ3v) is 5.79. The van der Waals surface area contributed by atoms with E-state index in [2.05, 4.69) is 10.5 Å². The van der Waals surface area contributed by atoms with E-state index in [4.69, 9.17) is 4.18 Å². The Morgan fingerprint density at radius 1 is 0.844 bits per heavy atom. The summed E-state index contributed by atoms with van der Waals surface area (Å²) in [6.07, 6.45) is 5.18. The van der Waals surface area contributed by atoms with Crippen molar-refractivity contribution in [3.05, 3.63) is 115 Å². The summed E-state index contributed by atoms with van der Waals surface area (Å²) in [7, 11) is -3.90. The summed E-state index contributed by atoms with van der Waals surface area (Å²) < 4.78 is 31.6. The van der Waals surface area contributed by atoms with Gasteiger partial charge in [0.1, 0.15) is 10.6 Å². The molecule has 32 heavy (non-hydrogen) atoms. The molecule has 0 radical (unpaired) electrons. The summed E-state index contributed by atoms with van der Waals surface area (Å²) in [6.45, 7) is 0. The van der Waals surface area contributed by atoms with Gasteiger partial charge in [0.25, 0.3) is 5.91 Å². The van der Waals surface area contributed by atoms with Gasteiger partial charge in [-0.05, 0) is 66.2 Å². The second-order valence-electron chi connectivity index (χ2n) is 6.73. The number of carbonyl (C=O) groups is 1. The summed E-state index contributed by atoms with van der Waals surface area (Å²) in [5.74, 6) is -0.171. The van der Waals surface area contributed by atoms with Crippen LogP contribution in [0, 0.1) is 0 Å². The topological polar surface area (TPSA) is 89.8 Å². The number of hydrazone groups is 1. The van der Waals surface area contributed by atoms with Crippen LogP contribution >= 0.6 is 0 Å². The van der Waals surface area contributed by atoms with Crippen molar-refractivity contribution >= 4 is 22.2 Å². The van der Waals surface area contributed by atoms with Gasteiger partial charge in [-0.1, -0.05) is 30.3 Å². The summed E-state index contributed by atoms with van der Waals surface area (Å²) in [5.41, 5.74) is 4.40. The lowest BCUT2D eigenvalue weighted by molar-refractivity contribution is 0.0955. The number of para-hydroxylation sites is 1. The largest absolute Gasteiger partial charge is 0.379 e. The quantitative estimate of drug-likeness (QED) is 0.264. The van der Waals surface area contributed by atoms with E-state index in [-0.39, 0.29) is 16.6 Å². The molecule has 160 valence electrons. The Hall–Kier alpha value is -4.17. The third-order valence-electron chi connectivity index (χ3n) is 4.53. The average Bonchev–Trinajstić information content (AvgIpc) is 3.35. The van der Waals surface area contributed by atoms with Crippen molar-refractivity contribution in [1.29, 1.82) is 0 Å². The van der Waals surface area contributed by atoms with Gasteiger partial charge in [0.05, 0.1) is 17.5 Å². The fourth-order valence-corrected chi connectivity index (χ4v) is 3.93. The monoisotopic (exact) mass is 445 g/mol. The molecule has 1 heterocycles. The predicted octanol–water partition coefficient (Wildman–Crippen LogP) is 4.01. The van der Waals surface area contributed by atoms with Gasteiger partial charge < -0.3 is 8.75 Å². The van der Waals surface area contributed by atoms with Crippen molar-refractivity contribution in [2.75, 3.05) is 0 Å². The zero-order valence-electron chi connectivity index (χ0n) is 16.8. The fraction of sp³-hybridized carbons (Fsp3) is 0. The maximum absolute atomic E-state index is 12.6. The molecule has 1 aromatic heterocycles. The van der Waals surface area contributed by atoms with Gasteiger partial charge in [0.15, 0.2) is 0 Å². The molecule has 0 unspecified atom stereocenters. The number of hydrogen-bond acceptors (Lipinski definition) is 5. The molecule has 3 aromatic carbocycles. The highest BCUT2D eigenvalue weighted by Crippen LogP contribution is 2.19. The van der Waals surface area contributed by atoms with Gasteiger partial charge in [-0.25, -0.2) is 5.43 Å². The van der Waals surface area contributed by atoms with Crippen LogP contribution < -0.4 is 9.61 Å². The lowest BCUT2D eigenvalue weighted by Crippen LogP contribution is -2.19. The van der Waals surface area contributed by atoms with Gasteiger partial charge >= 0.3 is 10.1 Å².